The number of hydrogen-bond acceptors (Lipinski definition) is 3. The van der Waals surface area contributed by atoms with Crippen molar-refractivity contribution in [2.45, 2.75) is 58.1 Å². The predicted molar refractivity (Wildman–Crippen MR) is 99.8 cm³/mol. The van der Waals surface area contributed by atoms with E-state index in [0.717, 1.165) is 30.9 Å². The number of fused-ring (bicyclic) bond motifs is 1. The molecule has 2 fully saturated rings. The lowest BCUT2D eigenvalue weighted by Gasteiger charge is -2.42. The van der Waals surface area contributed by atoms with Crippen molar-refractivity contribution in [2.75, 3.05) is 13.6 Å². The van der Waals surface area contributed by atoms with E-state index in [1.807, 2.05) is 0 Å². The summed E-state index contributed by atoms with van der Waals surface area (Å²) in [7, 11) is 2.06. The molecule has 130 valence electrons. The normalized spacial score (nSPS) is 30.8. The van der Waals surface area contributed by atoms with Gasteiger partial charge in [-0.2, -0.15) is 0 Å². The molecule has 0 aromatic rings. The summed E-state index contributed by atoms with van der Waals surface area (Å²) in [6, 6.07) is 0. The Morgan fingerprint density at radius 3 is 3.17 bits per heavy atom. The Kier molecular flexibility index (Phi) is 4.07. The second-order valence-corrected chi connectivity index (χ2v) is 7.66. The molecule has 0 radical (unpaired) electrons. The highest BCUT2D eigenvalue weighted by atomic mass is 32.1. The highest BCUT2D eigenvalue weighted by molar-refractivity contribution is 7.80. The summed E-state index contributed by atoms with van der Waals surface area (Å²) in [5.74, 6) is 1.24. The Morgan fingerprint density at radius 2 is 2.33 bits per heavy atom. The van der Waals surface area contributed by atoms with Gasteiger partial charge in [0.05, 0.1) is 11.1 Å². The molecule has 4 rings (SSSR count). The van der Waals surface area contributed by atoms with Gasteiger partial charge in [0.15, 0.2) is 11.3 Å². The highest BCUT2D eigenvalue weighted by Crippen LogP contribution is 2.59. The quantitative estimate of drug-likeness (QED) is 0.768. The molecule has 4 nitrogen and oxygen atoms in total. The van der Waals surface area contributed by atoms with Crippen molar-refractivity contribution in [3.8, 4) is 0 Å². The fraction of sp³-hybridized carbons (Fsp3) is 0.632. The molecule has 2 unspecified atom stereocenters. The summed E-state index contributed by atoms with van der Waals surface area (Å²) in [4.78, 5) is 4.41. The van der Waals surface area contributed by atoms with Crippen molar-refractivity contribution in [1.82, 2.24) is 15.1 Å². The van der Waals surface area contributed by atoms with Gasteiger partial charge in [-0.05, 0) is 56.8 Å². The molecule has 1 spiro atoms. The molecule has 0 aromatic heterocycles. The van der Waals surface area contributed by atoms with Crippen LogP contribution in [-0.2, 0) is 4.74 Å². The number of ether oxygens (including phenoxy) is 1. The Labute approximate surface area is 150 Å². The van der Waals surface area contributed by atoms with Gasteiger partial charge in [-0.1, -0.05) is 12.5 Å². The number of thiocarbonyl (C=S) groups is 1. The van der Waals surface area contributed by atoms with Gasteiger partial charge in [0.2, 0.25) is 0 Å². The molecule has 5 heteroatoms. The first kappa shape index (κ1) is 16.0. The molecular formula is C19H27N3OS. The van der Waals surface area contributed by atoms with E-state index in [2.05, 4.69) is 47.6 Å². The van der Waals surface area contributed by atoms with Crippen LogP contribution in [0.2, 0.25) is 0 Å². The van der Waals surface area contributed by atoms with Crippen LogP contribution in [0.1, 0.15) is 51.9 Å². The van der Waals surface area contributed by atoms with Gasteiger partial charge in [0.25, 0.3) is 0 Å². The standard InChI is InChI=1S/C19H27N3OS/c1-3-20-18(24)21(2)16-12-19-10-6-4-8-14(19)13-22-11-7-5-9-15(22)17(19)23-16/h7,11,13,16H,3-6,8-10,12H2,1-2H3,(H,20,24). The first-order chi connectivity index (χ1) is 11.7. The summed E-state index contributed by atoms with van der Waals surface area (Å²) >= 11 is 5.52. The molecule has 4 aliphatic rings. The van der Waals surface area contributed by atoms with Crippen LogP contribution >= 0.6 is 12.2 Å². The number of nitrogens with zero attached hydrogens (tertiary/aromatic N) is 2. The third-order valence-corrected chi connectivity index (χ3v) is 6.32. The molecular weight excluding hydrogens is 318 g/mol. The van der Waals surface area contributed by atoms with Gasteiger partial charge in [0.1, 0.15) is 5.76 Å². The molecule has 24 heavy (non-hydrogen) atoms. The van der Waals surface area contributed by atoms with E-state index < -0.39 is 0 Å². The number of allylic oxidation sites excluding steroid dienone is 3. The van der Waals surface area contributed by atoms with Gasteiger partial charge in [-0.25, -0.2) is 0 Å². The smallest absolute Gasteiger partial charge is 0.174 e. The van der Waals surface area contributed by atoms with Crippen LogP contribution in [0.15, 0.2) is 35.5 Å². The summed E-state index contributed by atoms with van der Waals surface area (Å²) in [6.07, 6.45) is 15.1. The maximum Gasteiger partial charge on any atom is 0.174 e. The average molecular weight is 346 g/mol. The minimum Gasteiger partial charge on any atom is -0.472 e. The van der Waals surface area contributed by atoms with Gasteiger partial charge in [0, 0.05) is 32.4 Å². The molecule has 0 amide bonds. The number of rotatable bonds is 2. The molecule has 2 atom stereocenters. The topological polar surface area (TPSA) is 27.7 Å². The minimum atomic E-state index is 0.0337. The van der Waals surface area contributed by atoms with Crippen LogP contribution in [-0.4, -0.2) is 34.7 Å². The molecule has 3 heterocycles. The predicted octanol–water partition coefficient (Wildman–Crippen LogP) is 3.84. The van der Waals surface area contributed by atoms with E-state index in [1.54, 1.807) is 5.57 Å². The maximum absolute atomic E-state index is 6.59. The monoisotopic (exact) mass is 345 g/mol. The third kappa shape index (κ3) is 2.36. The SMILES string of the molecule is CCNC(=S)N(C)C1CC23CCCCC2=CN2C=CCCC2=C3O1. The minimum absolute atomic E-state index is 0.0337. The van der Waals surface area contributed by atoms with E-state index in [-0.39, 0.29) is 11.6 Å². The molecule has 1 saturated heterocycles. The highest BCUT2D eigenvalue weighted by Gasteiger charge is 2.53. The van der Waals surface area contributed by atoms with Gasteiger partial charge in [-0.3, -0.25) is 0 Å². The van der Waals surface area contributed by atoms with E-state index in [1.165, 1.54) is 37.1 Å². The summed E-state index contributed by atoms with van der Waals surface area (Å²) < 4.78 is 6.59. The van der Waals surface area contributed by atoms with Crippen LogP contribution in [0.25, 0.3) is 0 Å². The van der Waals surface area contributed by atoms with E-state index in [0.29, 0.717) is 0 Å². The van der Waals surface area contributed by atoms with Crippen LogP contribution in [0.3, 0.4) is 0 Å². The lowest BCUT2D eigenvalue weighted by molar-refractivity contribution is 0.0624. The third-order valence-electron chi connectivity index (χ3n) is 5.89. The molecule has 0 aromatic carbocycles. The van der Waals surface area contributed by atoms with E-state index >= 15 is 0 Å². The molecule has 1 N–H and O–H groups in total. The van der Waals surface area contributed by atoms with Crippen molar-refractivity contribution in [3.05, 3.63) is 35.5 Å². The first-order valence-electron chi connectivity index (χ1n) is 9.23. The average Bonchev–Trinajstić information content (AvgIpc) is 2.99. The molecule has 0 bridgehead atoms. The fourth-order valence-electron chi connectivity index (χ4n) is 4.62. The fourth-order valence-corrected chi connectivity index (χ4v) is 4.88. The van der Waals surface area contributed by atoms with Crippen LogP contribution in [0.4, 0.5) is 0 Å². The van der Waals surface area contributed by atoms with Crippen LogP contribution in [0, 0.1) is 5.41 Å². The van der Waals surface area contributed by atoms with Gasteiger partial charge in [-0.15, -0.1) is 0 Å². The number of hydrogen-bond donors (Lipinski definition) is 1. The molecule has 1 saturated carbocycles. The van der Waals surface area contributed by atoms with Gasteiger partial charge >= 0.3 is 0 Å². The van der Waals surface area contributed by atoms with E-state index in [4.69, 9.17) is 17.0 Å². The van der Waals surface area contributed by atoms with Crippen LogP contribution in [0.5, 0.6) is 0 Å². The largest absolute Gasteiger partial charge is 0.472 e. The summed E-state index contributed by atoms with van der Waals surface area (Å²) in [5.41, 5.74) is 3.05. The summed E-state index contributed by atoms with van der Waals surface area (Å²) in [5, 5.41) is 4.04. The molecule has 1 aliphatic carbocycles. The summed E-state index contributed by atoms with van der Waals surface area (Å²) in [6.45, 7) is 2.92. The van der Waals surface area contributed by atoms with Crippen molar-refractivity contribution >= 4 is 17.3 Å². The van der Waals surface area contributed by atoms with Crippen molar-refractivity contribution in [2.24, 2.45) is 5.41 Å². The lowest BCUT2D eigenvalue weighted by atomic mass is 9.66. The second kappa shape index (κ2) is 6.10. The van der Waals surface area contributed by atoms with Crippen molar-refractivity contribution in [1.29, 1.82) is 0 Å². The maximum atomic E-state index is 6.59. The van der Waals surface area contributed by atoms with Crippen molar-refractivity contribution in [3.63, 3.8) is 0 Å². The lowest BCUT2D eigenvalue weighted by Crippen LogP contribution is -2.43. The second-order valence-electron chi connectivity index (χ2n) is 7.27. The van der Waals surface area contributed by atoms with Crippen LogP contribution < -0.4 is 5.32 Å². The Hall–Kier alpha value is -1.49. The number of nitrogens with one attached hydrogen (secondary N) is 1. The van der Waals surface area contributed by atoms with Crippen molar-refractivity contribution < 1.29 is 4.74 Å². The Bertz CT molecular complexity index is 639. The first-order valence-corrected chi connectivity index (χ1v) is 9.63. The Balaban J connectivity index is 1.70. The van der Waals surface area contributed by atoms with Gasteiger partial charge < -0.3 is 19.9 Å². The zero-order chi connectivity index (χ0) is 16.7. The zero-order valence-electron chi connectivity index (χ0n) is 14.7. The van der Waals surface area contributed by atoms with E-state index in [9.17, 15) is 0 Å². The Morgan fingerprint density at radius 1 is 1.46 bits per heavy atom. The molecule has 3 aliphatic heterocycles. The zero-order valence-corrected chi connectivity index (χ0v) is 15.5.